The van der Waals surface area contributed by atoms with Gasteiger partial charge >= 0.3 is 0 Å². The molecule has 0 atom stereocenters. The molecular formula is C17H17F2NO2. The maximum atomic E-state index is 13.4. The first-order valence-corrected chi connectivity index (χ1v) is 6.92. The van der Waals surface area contributed by atoms with E-state index in [1.165, 1.54) is 31.4 Å². The second kappa shape index (κ2) is 7.54. The Hall–Kier alpha value is -2.43. The molecule has 2 aromatic carbocycles. The van der Waals surface area contributed by atoms with E-state index in [4.69, 9.17) is 4.74 Å². The van der Waals surface area contributed by atoms with E-state index >= 15 is 0 Å². The summed E-state index contributed by atoms with van der Waals surface area (Å²) in [5.74, 6) is -0.510. The van der Waals surface area contributed by atoms with E-state index in [0.717, 1.165) is 0 Å². The smallest absolute Gasteiger partial charge is 0.224 e. The molecule has 0 heterocycles. The van der Waals surface area contributed by atoms with Gasteiger partial charge in [-0.2, -0.15) is 0 Å². The summed E-state index contributed by atoms with van der Waals surface area (Å²) in [4.78, 5) is 11.9. The van der Waals surface area contributed by atoms with Crippen molar-refractivity contribution in [3.8, 4) is 5.75 Å². The Morgan fingerprint density at radius 3 is 2.64 bits per heavy atom. The van der Waals surface area contributed by atoms with Crippen molar-refractivity contribution < 1.29 is 18.3 Å². The van der Waals surface area contributed by atoms with Crippen molar-refractivity contribution in [2.75, 3.05) is 13.7 Å². The SMILES string of the molecule is COc1ccc(F)cc1CC(=O)NCCc1ccccc1F. The van der Waals surface area contributed by atoms with Crippen LogP contribution in [-0.4, -0.2) is 19.6 Å². The van der Waals surface area contributed by atoms with E-state index < -0.39 is 5.82 Å². The molecular weight excluding hydrogens is 288 g/mol. The Labute approximate surface area is 127 Å². The molecule has 0 aliphatic heterocycles. The minimum absolute atomic E-state index is 0.0121. The van der Waals surface area contributed by atoms with Crippen molar-refractivity contribution >= 4 is 5.91 Å². The predicted octanol–water partition coefficient (Wildman–Crippen LogP) is 2.87. The first-order chi connectivity index (χ1) is 10.6. The second-order valence-electron chi connectivity index (χ2n) is 4.82. The van der Waals surface area contributed by atoms with Crippen LogP contribution < -0.4 is 10.1 Å². The molecule has 0 unspecified atom stereocenters. The molecule has 116 valence electrons. The van der Waals surface area contributed by atoms with Gasteiger partial charge in [0, 0.05) is 12.1 Å². The van der Waals surface area contributed by atoms with Crippen molar-refractivity contribution in [2.45, 2.75) is 12.8 Å². The van der Waals surface area contributed by atoms with Gasteiger partial charge in [-0.15, -0.1) is 0 Å². The fourth-order valence-electron chi connectivity index (χ4n) is 2.16. The lowest BCUT2D eigenvalue weighted by molar-refractivity contribution is -0.120. The highest BCUT2D eigenvalue weighted by Crippen LogP contribution is 2.19. The first-order valence-electron chi connectivity index (χ1n) is 6.92. The van der Waals surface area contributed by atoms with Crippen LogP contribution in [-0.2, 0) is 17.6 Å². The largest absolute Gasteiger partial charge is 0.496 e. The molecule has 0 aliphatic carbocycles. The highest BCUT2D eigenvalue weighted by Gasteiger charge is 2.10. The number of nitrogens with one attached hydrogen (secondary N) is 1. The molecule has 5 heteroatoms. The summed E-state index contributed by atoms with van der Waals surface area (Å²) in [6.45, 7) is 0.317. The van der Waals surface area contributed by atoms with Gasteiger partial charge in [0.1, 0.15) is 17.4 Å². The quantitative estimate of drug-likeness (QED) is 0.891. The van der Waals surface area contributed by atoms with Gasteiger partial charge in [-0.3, -0.25) is 4.79 Å². The summed E-state index contributed by atoms with van der Waals surface area (Å²) < 4.78 is 31.8. The van der Waals surface area contributed by atoms with Crippen molar-refractivity contribution in [1.29, 1.82) is 0 Å². The summed E-state index contributed by atoms with van der Waals surface area (Å²) in [7, 11) is 1.47. The van der Waals surface area contributed by atoms with Crippen molar-refractivity contribution in [2.24, 2.45) is 0 Å². The monoisotopic (exact) mass is 305 g/mol. The fraction of sp³-hybridized carbons (Fsp3) is 0.235. The Kier molecular flexibility index (Phi) is 5.47. The van der Waals surface area contributed by atoms with Crippen LogP contribution in [0.15, 0.2) is 42.5 Å². The van der Waals surface area contributed by atoms with Gasteiger partial charge < -0.3 is 10.1 Å². The van der Waals surface area contributed by atoms with Crippen LogP contribution in [0.2, 0.25) is 0 Å². The lowest BCUT2D eigenvalue weighted by Crippen LogP contribution is -2.27. The maximum absolute atomic E-state index is 13.4. The van der Waals surface area contributed by atoms with Gasteiger partial charge in [0.2, 0.25) is 5.91 Å². The van der Waals surface area contributed by atoms with Gasteiger partial charge in [0.05, 0.1) is 13.5 Å². The number of hydrogen-bond acceptors (Lipinski definition) is 2. The number of amides is 1. The molecule has 0 radical (unpaired) electrons. The molecule has 0 saturated carbocycles. The summed E-state index contributed by atoms with van der Waals surface area (Å²) in [5.41, 5.74) is 1.03. The molecule has 1 amide bonds. The summed E-state index contributed by atoms with van der Waals surface area (Å²) in [6.07, 6.45) is 0.414. The molecule has 22 heavy (non-hydrogen) atoms. The highest BCUT2D eigenvalue weighted by molar-refractivity contribution is 5.79. The number of carbonyl (C=O) groups excluding carboxylic acids is 1. The van der Waals surface area contributed by atoms with Gasteiger partial charge in [-0.25, -0.2) is 8.78 Å². The predicted molar refractivity (Wildman–Crippen MR) is 79.8 cm³/mol. The van der Waals surface area contributed by atoms with Crippen LogP contribution in [0, 0.1) is 11.6 Å². The standard InChI is InChI=1S/C17H17F2NO2/c1-22-16-7-6-14(18)10-13(16)11-17(21)20-9-8-12-4-2-3-5-15(12)19/h2-7,10H,8-9,11H2,1H3,(H,20,21). The number of ether oxygens (including phenoxy) is 1. The van der Waals surface area contributed by atoms with E-state index in [2.05, 4.69) is 5.32 Å². The molecule has 0 fully saturated rings. The molecule has 0 spiro atoms. The topological polar surface area (TPSA) is 38.3 Å². The number of methoxy groups -OCH3 is 1. The highest BCUT2D eigenvalue weighted by atomic mass is 19.1. The van der Waals surface area contributed by atoms with Gasteiger partial charge in [-0.1, -0.05) is 18.2 Å². The number of rotatable bonds is 6. The minimum atomic E-state index is -0.421. The van der Waals surface area contributed by atoms with Crippen LogP contribution in [0.25, 0.3) is 0 Å². The maximum Gasteiger partial charge on any atom is 0.224 e. The third kappa shape index (κ3) is 4.28. The van der Waals surface area contributed by atoms with Gasteiger partial charge in [0.15, 0.2) is 0 Å². The van der Waals surface area contributed by atoms with E-state index in [1.807, 2.05) is 0 Å². The van der Waals surface area contributed by atoms with Crippen LogP contribution in [0.5, 0.6) is 5.75 Å². The summed E-state index contributed by atoms with van der Waals surface area (Å²) >= 11 is 0. The van der Waals surface area contributed by atoms with Crippen LogP contribution in [0.4, 0.5) is 8.78 Å². The van der Waals surface area contributed by atoms with Gasteiger partial charge in [0.25, 0.3) is 0 Å². The molecule has 0 aromatic heterocycles. The Balaban J connectivity index is 1.88. The molecule has 2 rings (SSSR count). The molecule has 0 bridgehead atoms. The number of halogens is 2. The van der Waals surface area contributed by atoms with Crippen molar-refractivity contribution in [3.05, 3.63) is 65.2 Å². The Morgan fingerprint density at radius 2 is 1.91 bits per heavy atom. The van der Waals surface area contributed by atoms with E-state index in [0.29, 0.717) is 29.8 Å². The average Bonchev–Trinajstić information content (AvgIpc) is 2.49. The zero-order chi connectivity index (χ0) is 15.9. The van der Waals surface area contributed by atoms with E-state index in [-0.39, 0.29) is 18.1 Å². The van der Waals surface area contributed by atoms with E-state index in [1.54, 1.807) is 18.2 Å². The molecule has 0 saturated heterocycles. The fourth-order valence-corrected chi connectivity index (χ4v) is 2.16. The van der Waals surface area contributed by atoms with Crippen molar-refractivity contribution in [3.63, 3.8) is 0 Å². The normalized spacial score (nSPS) is 10.3. The zero-order valence-electron chi connectivity index (χ0n) is 12.2. The second-order valence-corrected chi connectivity index (χ2v) is 4.82. The molecule has 1 N–H and O–H groups in total. The summed E-state index contributed by atoms with van der Waals surface area (Å²) in [5, 5.41) is 2.69. The van der Waals surface area contributed by atoms with Crippen LogP contribution in [0.1, 0.15) is 11.1 Å². The Morgan fingerprint density at radius 1 is 1.14 bits per heavy atom. The third-order valence-electron chi connectivity index (χ3n) is 3.27. The number of hydrogen-bond donors (Lipinski definition) is 1. The lowest BCUT2D eigenvalue weighted by atomic mass is 10.1. The van der Waals surface area contributed by atoms with Crippen molar-refractivity contribution in [1.82, 2.24) is 5.32 Å². The van der Waals surface area contributed by atoms with Crippen LogP contribution in [0.3, 0.4) is 0 Å². The zero-order valence-corrected chi connectivity index (χ0v) is 12.2. The first kappa shape index (κ1) is 15.9. The molecule has 3 nitrogen and oxygen atoms in total. The van der Waals surface area contributed by atoms with Crippen LogP contribution >= 0.6 is 0 Å². The average molecular weight is 305 g/mol. The molecule has 0 aliphatic rings. The Bertz CT molecular complexity index is 659. The lowest BCUT2D eigenvalue weighted by Gasteiger charge is -2.09. The third-order valence-corrected chi connectivity index (χ3v) is 3.27. The van der Waals surface area contributed by atoms with Gasteiger partial charge in [-0.05, 0) is 36.2 Å². The minimum Gasteiger partial charge on any atom is -0.496 e. The van der Waals surface area contributed by atoms with E-state index in [9.17, 15) is 13.6 Å². The number of carbonyl (C=O) groups is 1. The number of benzene rings is 2. The summed E-state index contributed by atoms with van der Waals surface area (Å²) in [6, 6.07) is 10.5. The molecule has 2 aromatic rings.